The van der Waals surface area contributed by atoms with E-state index in [9.17, 15) is 0 Å². The minimum Gasteiger partial charge on any atom is -0.311 e. The zero-order chi connectivity index (χ0) is 32.1. The number of rotatable bonds is 3. The minimum absolute atomic E-state index is 0.624. The third kappa shape index (κ3) is 3.87. The average Bonchev–Trinajstić information content (AvgIpc) is 3.77. The Morgan fingerprint density at radius 3 is 2.33 bits per heavy atom. The van der Waals surface area contributed by atoms with Gasteiger partial charge >= 0.3 is 0 Å². The zero-order valence-corrected chi connectivity index (χ0v) is 28.3. The van der Waals surface area contributed by atoms with Crippen LogP contribution in [0.4, 0.5) is 21.5 Å². The first-order chi connectivity index (χ1) is 23.5. The summed E-state index contributed by atoms with van der Waals surface area (Å²) in [6.07, 6.45) is 2.49. The number of hydrogen-bond donors (Lipinski definition) is 0. The van der Waals surface area contributed by atoms with Crippen LogP contribution in [-0.2, 0) is 0 Å². The van der Waals surface area contributed by atoms with Gasteiger partial charge in [-0.1, -0.05) is 92.0 Å². The lowest BCUT2D eigenvalue weighted by molar-refractivity contribution is 0.402. The van der Waals surface area contributed by atoms with Crippen LogP contribution < -0.4 is 15.3 Å². The molecule has 0 spiro atoms. The molecule has 0 fully saturated rings. The number of hydrogen-bond acceptors (Lipinski definition) is 3. The van der Waals surface area contributed by atoms with Gasteiger partial charge in [0.15, 0.2) is 6.17 Å². The van der Waals surface area contributed by atoms with Crippen LogP contribution in [0.25, 0.3) is 47.5 Å². The van der Waals surface area contributed by atoms with Gasteiger partial charge in [-0.2, -0.15) is 0 Å². The molecule has 6 aromatic carbocycles. The van der Waals surface area contributed by atoms with E-state index in [0.717, 1.165) is 33.0 Å². The Labute approximate surface area is 282 Å². The van der Waals surface area contributed by atoms with Gasteiger partial charge in [0.25, 0.3) is 0 Å². The van der Waals surface area contributed by atoms with Crippen LogP contribution in [0.15, 0.2) is 140 Å². The second-order valence-electron chi connectivity index (χ2n) is 13.3. The van der Waals surface area contributed by atoms with Crippen LogP contribution in [0.1, 0.15) is 17.3 Å². The van der Waals surface area contributed by atoms with Crippen molar-refractivity contribution >= 4 is 94.3 Å². The molecule has 6 heteroatoms. The molecule has 1 unspecified atom stereocenters. The fraction of sp³-hybridized carbons (Fsp3) is 0.0714. The van der Waals surface area contributed by atoms with Gasteiger partial charge in [-0.3, -0.25) is 4.40 Å². The van der Waals surface area contributed by atoms with Gasteiger partial charge in [0.2, 0.25) is 0 Å². The SMILES string of the molecule is C[Si]1(C)c2ccccc2N(c2cccc(C(F)c3ccc4c5ccccc5n5ccnc5c4c3)c2)c2cc3c(cc21)sc1ccccc13. The Kier molecular flexibility index (Phi) is 5.84. The molecule has 3 aromatic heterocycles. The standard InChI is InChI=1S/C42H30FN3SSi/c1-48(2)39-17-8-6-15-35(39)46(36-24-32-31-13-4-7-16-37(31)47-38(32)25-40(36)48)28-11-9-10-26(22-28)41(43)27-18-19-29-30-12-3-5-14-34(30)45-21-20-44-42(45)33(29)23-27/h3-25,41H,1-2H3. The molecule has 0 aliphatic carbocycles. The predicted octanol–water partition coefficient (Wildman–Crippen LogP) is 10.7. The third-order valence-corrected chi connectivity index (χ3v) is 15.0. The second-order valence-corrected chi connectivity index (χ2v) is 18.8. The summed E-state index contributed by atoms with van der Waals surface area (Å²) in [5.41, 5.74) is 6.55. The Bertz CT molecular complexity index is 2760. The summed E-state index contributed by atoms with van der Waals surface area (Å²) in [4.78, 5) is 7.04. The number of benzene rings is 6. The van der Waals surface area contributed by atoms with Crippen LogP contribution in [0.5, 0.6) is 0 Å². The number of fused-ring (bicyclic) bond motifs is 11. The van der Waals surface area contributed by atoms with Crippen LogP contribution in [-0.4, -0.2) is 17.5 Å². The van der Waals surface area contributed by atoms with E-state index in [0.29, 0.717) is 11.1 Å². The van der Waals surface area contributed by atoms with Gasteiger partial charge in [-0.05, 0) is 75.4 Å². The molecule has 3 nitrogen and oxygen atoms in total. The summed E-state index contributed by atoms with van der Waals surface area (Å²) in [7, 11) is -2.04. The number of aromatic nitrogens is 2. The summed E-state index contributed by atoms with van der Waals surface area (Å²) >= 11 is 1.87. The quantitative estimate of drug-likeness (QED) is 0.139. The Morgan fingerprint density at radius 1 is 0.625 bits per heavy atom. The number of imidazole rings is 1. The lowest BCUT2D eigenvalue weighted by atomic mass is 9.97. The van der Waals surface area contributed by atoms with E-state index in [1.54, 1.807) is 0 Å². The van der Waals surface area contributed by atoms with Crippen molar-refractivity contribution in [3.8, 4) is 0 Å². The van der Waals surface area contributed by atoms with Crippen molar-refractivity contribution < 1.29 is 4.39 Å². The Balaban J connectivity index is 1.14. The number of halogens is 1. The van der Waals surface area contributed by atoms with Crippen molar-refractivity contribution in [2.45, 2.75) is 19.3 Å². The Morgan fingerprint density at radius 2 is 1.42 bits per heavy atom. The first-order valence-electron chi connectivity index (χ1n) is 16.3. The molecular weight excluding hydrogens is 626 g/mol. The fourth-order valence-corrected chi connectivity index (χ4v) is 12.2. The molecule has 1 aliphatic rings. The summed E-state index contributed by atoms with van der Waals surface area (Å²) in [6.45, 7) is 4.91. The molecular formula is C42H30FN3SSi. The molecule has 230 valence electrons. The van der Waals surface area contributed by atoms with Crippen LogP contribution >= 0.6 is 11.3 Å². The molecule has 1 atom stereocenters. The molecule has 0 saturated heterocycles. The average molecular weight is 656 g/mol. The fourth-order valence-electron chi connectivity index (χ4n) is 7.96. The summed E-state index contributed by atoms with van der Waals surface area (Å²) < 4.78 is 21.5. The lowest BCUT2D eigenvalue weighted by Gasteiger charge is -2.41. The van der Waals surface area contributed by atoms with Gasteiger partial charge in [-0.15, -0.1) is 11.3 Å². The normalized spacial score (nSPS) is 14.6. The highest BCUT2D eigenvalue weighted by molar-refractivity contribution is 7.26. The molecule has 0 amide bonds. The largest absolute Gasteiger partial charge is 0.311 e. The van der Waals surface area contributed by atoms with Crippen molar-refractivity contribution in [2.75, 3.05) is 4.90 Å². The molecule has 0 saturated carbocycles. The molecule has 0 bridgehead atoms. The number of anilines is 3. The van der Waals surface area contributed by atoms with Crippen molar-refractivity contribution in [1.29, 1.82) is 0 Å². The van der Waals surface area contributed by atoms with E-state index < -0.39 is 14.2 Å². The van der Waals surface area contributed by atoms with Gasteiger partial charge in [-0.25, -0.2) is 9.37 Å². The smallest absolute Gasteiger partial charge is 0.150 e. The third-order valence-electron chi connectivity index (χ3n) is 10.3. The van der Waals surface area contributed by atoms with Crippen LogP contribution in [0.2, 0.25) is 13.1 Å². The van der Waals surface area contributed by atoms with Crippen LogP contribution in [0.3, 0.4) is 0 Å². The highest BCUT2D eigenvalue weighted by atomic mass is 32.1. The second kappa shape index (κ2) is 10.1. The van der Waals surface area contributed by atoms with Crippen molar-refractivity contribution in [1.82, 2.24) is 9.38 Å². The number of pyridine rings is 1. The molecule has 10 rings (SSSR count). The molecule has 4 heterocycles. The van der Waals surface area contributed by atoms with E-state index >= 15 is 4.39 Å². The lowest BCUT2D eigenvalue weighted by Crippen LogP contribution is -2.58. The number of thiophene rings is 1. The zero-order valence-electron chi connectivity index (χ0n) is 26.5. The van der Waals surface area contributed by atoms with E-state index in [-0.39, 0.29) is 0 Å². The monoisotopic (exact) mass is 655 g/mol. The maximum Gasteiger partial charge on any atom is 0.150 e. The first kappa shape index (κ1) is 27.8. The summed E-state index contributed by atoms with van der Waals surface area (Å²) in [5, 5.41) is 8.52. The molecule has 1 aliphatic heterocycles. The van der Waals surface area contributed by atoms with E-state index in [1.165, 1.54) is 41.9 Å². The molecule has 0 N–H and O–H groups in total. The maximum atomic E-state index is 16.8. The number of alkyl halides is 1. The van der Waals surface area contributed by atoms with E-state index in [4.69, 9.17) is 0 Å². The topological polar surface area (TPSA) is 20.5 Å². The summed E-state index contributed by atoms with van der Waals surface area (Å²) in [5.74, 6) is 0. The molecule has 9 aromatic rings. The number of nitrogens with zero attached hydrogens (tertiary/aromatic N) is 3. The maximum absolute atomic E-state index is 16.8. The highest BCUT2D eigenvalue weighted by Gasteiger charge is 2.39. The number of para-hydroxylation sites is 2. The minimum atomic E-state index is -2.04. The van der Waals surface area contributed by atoms with Crippen molar-refractivity contribution in [2.24, 2.45) is 0 Å². The molecule has 0 radical (unpaired) electrons. The van der Waals surface area contributed by atoms with Crippen molar-refractivity contribution in [3.05, 3.63) is 151 Å². The van der Waals surface area contributed by atoms with Gasteiger partial charge in [0.05, 0.1) is 5.52 Å². The van der Waals surface area contributed by atoms with E-state index in [1.807, 2.05) is 66.2 Å². The van der Waals surface area contributed by atoms with Gasteiger partial charge in [0.1, 0.15) is 13.7 Å². The molecule has 48 heavy (non-hydrogen) atoms. The Hall–Kier alpha value is -5.30. The van der Waals surface area contributed by atoms with Gasteiger partial charge in [0, 0.05) is 60.4 Å². The van der Waals surface area contributed by atoms with Gasteiger partial charge < -0.3 is 4.90 Å². The predicted molar refractivity (Wildman–Crippen MR) is 204 cm³/mol. The highest BCUT2D eigenvalue weighted by Crippen LogP contribution is 2.44. The summed E-state index contributed by atoms with van der Waals surface area (Å²) in [6, 6.07) is 44.7. The van der Waals surface area contributed by atoms with E-state index in [2.05, 4.69) is 112 Å². The van der Waals surface area contributed by atoms with Crippen LogP contribution in [0, 0.1) is 0 Å². The first-order valence-corrected chi connectivity index (χ1v) is 20.2. The van der Waals surface area contributed by atoms with Crippen molar-refractivity contribution in [3.63, 3.8) is 0 Å².